The van der Waals surface area contributed by atoms with E-state index in [9.17, 15) is 9.90 Å². The van der Waals surface area contributed by atoms with E-state index >= 15 is 0 Å². The number of urea groups is 1. The molecule has 0 saturated carbocycles. The summed E-state index contributed by atoms with van der Waals surface area (Å²) in [4.78, 5) is 11.7. The maximum atomic E-state index is 11.7. The first-order chi connectivity index (χ1) is 9.54. The van der Waals surface area contributed by atoms with Crippen molar-refractivity contribution in [3.63, 3.8) is 0 Å². The van der Waals surface area contributed by atoms with Crippen LogP contribution in [-0.2, 0) is 6.54 Å². The van der Waals surface area contributed by atoms with E-state index in [0.717, 1.165) is 5.56 Å². The molecule has 6 nitrogen and oxygen atoms in total. The standard InChI is InChI=1S/C14H17N3O3/c1-9-7-13(17-20-9)8-15-14(19)16-12-5-3-11(4-6-12)10(2)18/h3-7,10,18H,8H2,1-2H3,(H2,15,16,19). The van der Waals surface area contributed by atoms with E-state index in [4.69, 9.17) is 4.52 Å². The monoisotopic (exact) mass is 275 g/mol. The van der Waals surface area contributed by atoms with Gasteiger partial charge < -0.3 is 20.3 Å². The molecule has 2 rings (SSSR count). The fraction of sp³-hybridized carbons (Fsp3) is 0.286. The Hall–Kier alpha value is -2.34. The summed E-state index contributed by atoms with van der Waals surface area (Å²) in [5.74, 6) is 0.705. The van der Waals surface area contributed by atoms with Gasteiger partial charge in [0, 0.05) is 11.8 Å². The molecule has 20 heavy (non-hydrogen) atoms. The quantitative estimate of drug-likeness (QED) is 0.799. The molecule has 0 radical (unpaired) electrons. The van der Waals surface area contributed by atoms with E-state index in [-0.39, 0.29) is 6.03 Å². The van der Waals surface area contributed by atoms with E-state index in [0.29, 0.717) is 23.7 Å². The molecule has 1 unspecified atom stereocenters. The van der Waals surface area contributed by atoms with E-state index < -0.39 is 6.10 Å². The predicted molar refractivity (Wildman–Crippen MR) is 74.2 cm³/mol. The fourth-order valence-electron chi connectivity index (χ4n) is 1.69. The van der Waals surface area contributed by atoms with Gasteiger partial charge in [-0.15, -0.1) is 0 Å². The number of hydrogen-bond acceptors (Lipinski definition) is 4. The van der Waals surface area contributed by atoms with Crippen molar-refractivity contribution >= 4 is 11.7 Å². The molecule has 0 aliphatic rings. The molecule has 1 aromatic heterocycles. The first-order valence-corrected chi connectivity index (χ1v) is 6.29. The van der Waals surface area contributed by atoms with Crippen molar-refractivity contribution in [2.45, 2.75) is 26.5 Å². The topological polar surface area (TPSA) is 87.4 Å². The van der Waals surface area contributed by atoms with E-state index in [1.165, 1.54) is 0 Å². The minimum Gasteiger partial charge on any atom is -0.389 e. The van der Waals surface area contributed by atoms with Gasteiger partial charge in [-0.25, -0.2) is 4.79 Å². The molecule has 2 amide bonds. The van der Waals surface area contributed by atoms with Gasteiger partial charge in [-0.2, -0.15) is 0 Å². The second-order valence-electron chi connectivity index (χ2n) is 4.53. The van der Waals surface area contributed by atoms with E-state index in [1.807, 2.05) is 0 Å². The zero-order valence-electron chi connectivity index (χ0n) is 11.4. The normalized spacial score (nSPS) is 11.9. The first kappa shape index (κ1) is 14.1. The Morgan fingerprint density at radius 3 is 2.65 bits per heavy atom. The summed E-state index contributed by atoms with van der Waals surface area (Å²) >= 11 is 0. The number of hydrogen-bond donors (Lipinski definition) is 3. The summed E-state index contributed by atoms with van der Waals surface area (Å²) < 4.78 is 4.91. The number of amides is 2. The highest BCUT2D eigenvalue weighted by Gasteiger charge is 2.05. The predicted octanol–water partition coefficient (Wildman–Crippen LogP) is 2.36. The molecule has 0 spiro atoms. The lowest BCUT2D eigenvalue weighted by molar-refractivity contribution is 0.199. The number of nitrogens with zero attached hydrogens (tertiary/aromatic N) is 1. The molecule has 0 bridgehead atoms. The highest BCUT2D eigenvalue weighted by molar-refractivity contribution is 5.89. The molecule has 106 valence electrons. The smallest absolute Gasteiger partial charge is 0.319 e. The van der Waals surface area contributed by atoms with Gasteiger partial charge in [0.1, 0.15) is 11.5 Å². The van der Waals surface area contributed by atoms with E-state index in [2.05, 4.69) is 15.8 Å². The number of rotatable bonds is 4. The zero-order valence-corrected chi connectivity index (χ0v) is 11.4. The summed E-state index contributed by atoms with van der Waals surface area (Å²) in [7, 11) is 0. The largest absolute Gasteiger partial charge is 0.389 e. The maximum absolute atomic E-state index is 11.7. The summed E-state index contributed by atoms with van der Waals surface area (Å²) in [5, 5.41) is 18.5. The van der Waals surface area contributed by atoms with Crippen LogP contribution >= 0.6 is 0 Å². The number of aryl methyl sites for hydroxylation is 1. The lowest BCUT2D eigenvalue weighted by Gasteiger charge is -2.08. The second kappa shape index (κ2) is 6.21. The third-order valence-corrected chi connectivity index (χ3v) is 2.76. The molecule has 6 heteroatoms. The van der Waals surface area contributed by atoms with Gasteiger partial charge in [-0.3, -0.25) is 0 Å². The Labute approximate surface area is 116 Å². The Kier molecular flexibility index (Phi) is 4.37. The number of carbonyl (C=O) groups is 1. The highest BCUT2D eigenvalue weighted by Crippen LogP contribution is 2.15. The average Bonchev–Trinajstić information content (AvgIpc) is 2.83. The van der Waals surface area contributed by atoms with Gasteiger partial charge in [-0.05, 0) is 31.5 Å². The van der Waals surface area contributed by atoms with Crippen molar-refractivity contribution in [1.29, 1.82) is 0 Å². The van der Waals surface area contributed by atoms with Gasteiger partial charge in [-0.1, -0.05) is 17.3 Å². The first-order valence-electron chi connectivity index (χ1n) is 6.29. The van der Waals surface area contributed by atoms with Crippen molar-refractivity contribution in [1.82, 2.24) is 10.5 Å². The number of aliphatic hydroxyl groups is 1. The lowest BCUT2D eigenvalue weighted by atomic mass is 10.1. The molecule has 2 aromatic rings. The summed E-state index contributed by atoms with van der Waals surface area (Å²) in [6.45, 7) is 3.78. The lowest BCUT2D eigenvalue weighted by Crippen LogP contribution is -2.28. The van der Waals surface area contributed by atoms with Crippen LogP contribution in [0.3, 0.4) is 0 Å². The van der Waals surface area contributed by atoms with Gasteiger partial charge in [0.2, 0.25) is 0 Å². The van der Waals surface area contributed by atoms with Crippen LogP contribution in [0, 0.1) is 6.92 Å². The number of carbonyl (C=O) groups excluding carboxylic acids is 1. The minimum absolute atomic E-state index is 0.301. The van der Waals surface area contributed by atoms with Crippen molar-refractivity contribution < 1.29 is 14.4 Å². The molecule has 0 saturated heterocycles. The van der Waals surface area contributed by atoms with Gasteiger partial charge in [0.15, 0.2) is 0 Å². The van der Waals surface area contributed by atoms with E-state index in [1.54, 1.807) is 44.2 Å². The molecule has 1 atom stereocenters. The van der Waals surface area contributed by atoms with Crippen LogP contribution in [-0.4, -0.2) is 16.3 Å². The van der Waals surface area contributed by atoms with Crippen LogP contribution in [0.4, 0.5) is 10.5 Å². The fourth-order valence-corrected chi connectivity index (χ4v) is 1.69. The maximum Gasteiger partial charge on any atom is 0.319 e. The Balaban J connectivity index is 1.84. The zero-order chi connectivity index (χ0) is 14.5. The van der Waals surface area contributed by atoms with Crippen LogP contribution < -0.4 is 10.6 Å². The molecule has 0 fully saturated rings. The Bertz CT molecular complexity index is 576. The van der Waals surface area contributed by atoms with Crippen LogP contribution in [0.5, 0.6) is 0 Å². The van der Waals surface area contributed by atoms with Gasteiger partial charge in [0.05, 0.1) is 12.6 Å². The SMILES string of the molecule is Cc1cc(CNC(=O)Nc2ccc(C(C)O)cc2)no1. The second-order valence-corrected chi connectivity index (χ2v) is 4.53. The molecule has 0 aliphatic carbocycles. The van der Waals surface area contributed by atoms with Gasteiger partial charge in [0.25, 0.3) is 0 Å². The molecular formula is C14H17N3O3. The Morgan fingerprint density at radius 2 is 2.10 bits per heavy atom. The van der Waals surface area contributed by atoms with Crippen molar-refractivity contribution in [2.24, 2.45) is 0 Å². The number of aromatic nitrogens is 1. The Morgan fingerprint density at radius 1 is 1.40 bits per heavy atom. The molecule has 3 N–H and O–H groups in total. The van der Waals surface area contributed by atoms with Crippen molar-refractivity contribution in [2.75, 3.05) is 5.32 Å². The number of aliphatic hydroxyl groups excluding tert-OH is 1. The number of anilines is 1. The molecular weight excluding hydrogens is 258 g/mol. The highest BCUT2D eigenvalue weighted by atomic mass is 16.5. The minimum atomic E-state index is -0.520. The van der Waals surface area contributed by atoms with Crippen LogP contribution in [0.15, 0.2) is 34.9 Å². The molecule has 0 aliphatic heterocycles. The third kappa shape index (κ3) is 3.83. The molecule has 1 aromatic carbocycles. The number of benzene rings is 1. The van der Waals surface area contributed by atoms with Crippen LogP contribution in [0.2, 0.25) is 0 Å². The third-order valence-electron chi connectivity index (χ3n) is 2.76. The van der Waals surface area contributed by atoms with Crippen LogP contribution in [0.1, 0.15) is 30.0 Å². The average molecular weight is 275 g/mol. The summed E-state index contributed by atoms with van der Waals surface area (Å²) in [6, 6.07) is 8.44. The summed E-state index contributed by atoms with van der Waals surface area (Å²) in [5.41, 5.74) is 2.12. The van der Waals surface area contributed by atoms with Crippen molar-refractivity contribution in [3.8, 4) is 0 Å². The summed E-state index contributed by atoms with van der Waals surface area (Å²) in [6.07, 6.45) is -0.520. The van der Waals surface area contributed by atoms with Gasteiger partial charge >= 0.3 is 6.03 Å². The van der Waals surface area contributed by atoms with Crippen molar-refractivity contribution in [3.05, 3.63) is 47.3 Å². The molecule has 1 heterocycles. The number of nitrogens with one attached hydrogen (secondary N) is 2. The van der Waals surface area contributed by atoms with Crippen LogP contribution in [0.25, 0.3) is 0 Å².